The summed E-state index contributed by atoms with van der Waals surface area (Å²) in [6.07, 6.45) is 4.63. The molecule has 1 aromatic rings. The highest BCUT2D eigenvalue weighted by atomic mass is 16.5. The minimum Gasteiger partial charge on any atom is -0.496 e. The van der Waals surface area contributed by atoms with Gasteiger partial charge in [-0.05, 0) is 36.5 Å². The molecule has 0 fully saturated rings. The van der Waals surface area contributed by atoms with Gasteiger partial charge in [0.05, 0.1) is 13.2 Å². The number of nitrogens with zero attached hydrogens (tertiary/aromatic N) is 1. The maximum Gasteiger partial charge on any atom is 0.235 e. The van der Waals surface area contributed by atoms with E-state index < -0.39 is 0 Å². The van der Waals surface area contributed by atoms with E-state index in [1.54, 1.807) is 13.2 Å². The van der Waals surface area contributed by atoms with Gasteiger partial charge in [-0.1, -0.05) is 12.1 Å². The molecule has 0 saturated heterocycles. The van der Waals surface area contributed by atoms with Crippen molar-refractivity contribution in [2.45, 2.75) is 25.3 Å². The van der Waals surface area contributed by atoms with Gasteiger partial charge in [-0.3, -0.25) is 0 Å². The summed E-state index contributed by atoms with van der Waals surface area (Å²) in [4.78, 5) is 14.2. The zero-order chi connectivity index (χ0) is 10.7. The summed E-state index contributed by atoms with van der Waals surface area (Å²) in [5.74, 6) is 0.901. The van der Waals surface area contributed by atoms with E-state index in [2.05, 4.69) is 4.99 Å². The van der Waals surface area contributed by atoms with Crippen molar-refractivity contribution in [3.63, 3.8) is 0 Å². The number of hydrogen-bond acceptors (Lipinski definition) is 3. The first-order valence-corrected chi connectivity index (χ1v) is 5.09. The third-order valence-corrected chi connectivity index (χ3v) is 2.86. The van der Waals surface area contributed by atoms with Crippen LogP contribution in [0.25, 0.3) is 0 Å². The van der Waals surface area contributed by atoms with Gasteiger partial charge in [0.15, 0.2) is 0 Å². The number of rotatable bonds is 2. The van der Waals surface area contributed by atoms with Crippen LogP contribution in [0, 0.1) is 0 Å². The summed E-state index contributed by atoms with van der Waals surface area (Å²) in [7, 11) is 1.67. The average molecular weight is 203 g/mol. The van der Waals surface area contributed by atoms with Crippen LogP contribution in [0.4, 0.5) is 0 Å². The van der Waals surface area contributed by atoms with Crippen LogP contribution in [0.15, 0.2) is 23.2 Å². The molecule has 0 bridgehead atoms. The van der Waals surface area contributed by atoms with Crippen molar-refractivity contribution in [3.05, 3.63) is 29.3 Å². The zero-order valence-electron chi connectivity index (χ0n) is 8.69. The van der Waals surface area contributed by atoms with E-state index in [0.717, 1.165) is 30.6 Å². The van der Waals surface area contributed by atoms with Gasteiger partial charge in [0.2, 0.25) is 6.08 Å². The topological polar surface area (TPSA) is 38.7 Å². The molecule has 1 unspecified atom stereocenters. The first kappa shape index (κ1) is 9.94. The lowest BCUT2D eigenvalue weighted by Crippen LogP contribution is -2.09. The fourth-order valence-corrected chi connectivity index (χ4v) is 2.18. The SMILES string of the molecule is COc1cccc2c1CCCC2N=C=O. The van der Waals surface area contributed by atoms with E-state index >= 15 is 0 Å². The normalized spacial score (nSPS) is 18.9. The number of ether oxygens (including phenoxy) is 1. The Labute approximate surface area is 88.8 Å². The maximum absolute atomic E-state index is 10.3. The Bertz CT molecular complexity index is 408. The highest BCUT2D eigenvalue weighted by molar-refractivity contribution is 5.45. The third-order valence-electron chi connectivity index (χ3n) is 2.86. The minimum absolute atomic E-state index is 0.0265. The maximum atomic E-state index is 10.3. The Morgan fingerprint density at radius 1 is 1.53 bits per heavy atom. The Hall–Kier alpha value is -1.60. The highest BCUT2D eigenvalue weighted by Crippen LogP contribution is 2.36. The molecule has 0 aromatic heterocycles. The monoisotopic (exact) mass is 203 g/mol. The van der Waals surface area contributed by atoms with Crippen LogP contribution in [0.1, 0.15) is 30.0 Å². The number of hydrogen-bond donors (Lipinski definition) is 0. The second-order valence-corrected chi connectivity index (χ2v) is 3.66. The van der Waals surface area contributed by atoms with Crippen molar-refractivity contribution in [3.8, 4) is 5.75 Å². The predicted molar refractivity (Wildman–Crippen MR) is 56.8 cm³/mol. The summed E-state index contributed by atoms with van der Waals surface area (Å²) in [5, 5.41) is 0. The molecular weight excluding hydrogens is 190 g/mol. The minimum atomic E-state index is -0.0265. The van der Waals surface area contributed by atoms with Crippen molar-refractivity contribution in [2.75, 3.05) is 7.11 Å². The van der Waals surface area contributed by atoms with Crippen molar-refractivity contribution < 1.29 is 9.53 Å². The van der Waals surface area contributed by atoms with Crippen LogP contribution in [0.2, 0.25) is 0 Å². The Balaban J connectivity index is 2.48. The van der Waals surface area contributed by atoms with Crippen molar-refractivity contribution in [2.24, 2.45) is 4.99 Å². The van der Waals surface area contributed by atoms with Crippen molar-refractivity contribution in [1.29, 1.82) is 0 Å². The van der Waals surface area contributed by atoms with Gasteiger partial charge in [0, 0.05) is 0 Å². The van der Waals surface area contributed by atoms with Crippen LogP contribution in [-0.4, -0.2) is 13.2 Å². The van der Waals surface area contributed by atoms with Gasteiger partial charge in [0.25, 0.3) is 0 Å². The first-order valence-electron chi connectivity index (χ1n) is 5.09. The second kappa shape index (κ2) is 4.28. The van der Waals surface area contributed by atoms with Crippen LogP contribution < -0.4 is 4.74 Å². The molecule has 15 heavy (non-hydrogen) atoms. The molecule has 1 atom stereocenters. The summed E-state index contributed by atoms with van der Waals surface area (Å²) < 4.78 is 5.30. The molecular formula is C12H13NO2. The summed E-state index contributed by atoms with van der Waals surface area (Å²) in [6, 6.07) is 5.88. The summed E-state index contributed by atoms with van der Waals surface area (Å²) >= 11 is 0. The second-order valence-electron chi connectivity index (χ2n) is 3.66. The lowest BCUT2D eigenvalue weighted by molar-refractivity contribution is 0.403. The molecule has 0 heterocycles. The molecule has 1 aliphatic carbocycles. The Morgan fingerprint density at radius 2 is 2.40 bits per heavy atom. The predicted octanol–water partition coefficient (Wildman–Crippen LogP) is 2.41. The van der Waals surface area contributed by atoms with E-state index in [1.165, 1.54) is 5.56 Å². The van der Waals surface area contributed by atoms with Crippen molar-refractivity contribution in [1.82, 2.24) is 0 Å². The van der Waals surface area contributed by atoms with Crippen LogP contribution in [0.3, 0.4) is 0 Å². The molecule has 0 aliphatic heterocycles. The van der Waals surface area contributed by atoms with E-state index in [0.29, 0.717) is 0 Å². The van der Waals surface area contributed by atoms with E-state index in [4.69, 9.17) is 4.74 Å². The van der Waals surface area contributed by atoms with Gasteiger partial charge in [0.1, 0.15) is 5.75 Å². The molecule has 3 heteroatoms. The molecule has 1 aliphatic rings. The number of carbonyl (C=O) groups excluding carboxylic acids is 1. The molecule has 3 nitrogen and oxygen atoms in total. The third kappa shape index (κ3) is 1.79. The fourth-order valence-electron chi connectivity index (χ4n) is 2.18. The number of aliphatic imine (C=N–C) groups is 1. The van der Waals surface area contributed by atoms with Crippen LogP contribution >= 0.6 is 0 Å². The van der Waals surface area contributed by atoms with Crippen LogP contribution in [0.5, 0.6) is 5.75 Å². The summed E-state index contributed by atoms with van der Waals surface area (Å²) in [5.41, 5.74) is 2.30. The molecule has 0 N–H and O–H groups in total. The van der Waals surface area contributed by atoms with E-state index in [9.17, 15) is 4.79 Å². The molecule has 0 spiro atoms. The average Bonchev–Trinajstić information content (AvgIpc) is 2.29. The molecule has 0 saturated carbocycles. The lowest BCUT2D eigenvalue weighted by Gasteiger charge is -2.22. The zero-order valence-corrected chi connectivity index (χ0v) is 8.69. The quantitative estimate of drug-likeness (QED) is 0.547. The van der Waals surface area contributed by atoms with Gasteiger partial charge in [-0.2, -0.15) is 4.99 Å². The number of methoxy groups -OCH3 is 1. The fraction of sp³-hybridized carbons (Fsp3) is 0.417. The van der Waals surface area contributed by atoms with Gasteiger partial charge >= 0.3 is 0 Å². The van der Waals surface area contributed by atoms with E-state index in [1.807, 2.05) is 18.2 Å². The van der Waals surface area contributed by atoms with Gasteiger partial charge < -0.3 is 4.74 Å². The molecule has 78 valence electrons. The van der Waals surface area contributed by atoms with E-state index in [-0.39, 0.29) is 6.04 Å². The number of fused-ring (bicyclic) bond motifs is 1. The molecule has 2 rings (SSSR count). The molecule has 0 amide bonds. The Morgan fingerprint density at radius 3 is 3.13 bits per heavy atom. The van der Waals surface area contributed by atoms with Gasteiger partial charge in [-0.25, -0.2) is 4.79 Å². The standard InChI is InChI=1S/C12H13NO2/c1-15-12-7-3-4-9-10(12)5-2-6-11(9)13-8-14/h3-4,7,11H,2,5-6H2,1H3. The Kier molecular flexibility index (Phi) is 2.84. The van der Waals surface area contributed by atoms with Crippen LogP contribution in [-0.2, 0) is 11.2 Å². The first-order chi connectivity index (χ1) is 7.36. The lowest BCUT2D eigenvalue weighted by atomic mass is 9.87. The molecule has 1 aromatic carbocycles. The smallest absolute Gasteiger partial charge is 0.235 e. The number of benzene rings is 1. The highest BCUT2D eigenvalue weighted by Gasteiger charge is 2.21. The largest absolute Gasteiger partial charge is 0.496 e. The van der Waals surface area contributed by atoms with Gasteiger partial charge in [-0.15, -0.1) is 0 Å². The van der Waals surface area contributed by atoms with Crippen molar-refractivity contribution >= 4 is 6.08 Å². The summed E-state index contributed by atoms with van der Waals surface area (Å²) in [6.45, 7) is 0. The number of isocyanates is 1. The molecule has 0 radical (unpaired) electrons.